The Hall–Kier alpha value is -3.81. The van der Waals surface area contributed by atoms with Gasteiger partial charge in [0.05, 0.1) is 12.7 Å². The number of aromatic hydroxyl groups is 1. The number of aromatic amines is 1. The average molecular weight is 437 g/mol. The number of carboxylic acids is 1. The summed E-state index contributed by atoms with van der Waals surface area (Å²) in [6.07, 6.45) is 3.07. The Kier molecular flexibility index (Phi) is 7.49. The second-order valence-electron chi connectivity index (χ2n) is 7.46. The van der Waals surface area contributed by atoms with E-state index in [1.165, 1.54) is 10.9 Å². The summed E-state index contributed by atoms with van der Waals surface area (Å²) < 4.78 is 6.76. The molecule has 1 heterocycles. The van der Waals surface area contributed by atoms with Crippen LogP contribution in [0, 0.1) is 6.92 Å². The molecule has 3 rings (SSSR count). The normalized spacial score (nSPS) is 11.2. The highest BCUT2D eigenvalue weighted by Gasteiger charge is 2.11. The third-order valence-electron chi connectivity index (χ3n) is 5.24. The number of aliphatic carboxylic acids is 1. The van der Waals surface area contributed by atoms with Crippen molar-refractivity contribution in [3.63, 3.8) is 0 Å². The summed E-state index contributed by atoms with van der Waals surface area (Å²) in [4.78, 5) is 27.6. The molecular weight excluding hydrogens is 410 g/mol. The van der Waals surface area contributed by atoms with Crippen LogP contribution in [0.2, 0.25) is 0 Å². The van der Waals surface area contributed by atoms with Crippen LogP contribution >= 0.6 is 0 Å². The lowest BCUT2D eigenvalue weighted by Gasteiger charge is -2.10. The minimum Gasteiger partial charge on any atom is -0.505 e. The van der Waals surface area contributed by atoms with E-state index in [-0.39, 0.29) is 24.3 Å². The number of carbonyl (C=O) groups is 1. The summed E-state index contributed by atoms with van der Waals surface area (Å²) >= 11 is 0. The molecule has 8 heteroatoms. The van der Waals surface area contributed by atoms with Gasteiger partial charge in [-0.2, -0.15) is 0 Å². The molecule has 168 valence electrons. The smallest absolute Gasteiger partial charge is 0.303 e. The van der Waals surface area contributed by atoms with Crippen LogP contribution < -0.4 is 10.3 Å². The number of rotatable bonds is 10. The van der Waals surface area contributed by atoms with E-state index in [1.54, 1.807) is 20.1 Å². The molecule has 3 N–H and O–H groups in total. The molecule has 1 aromatic heterocycles. The highest BCUT2D eigenvalue weighted by molar-refractivity contribution is 5.83. The first-order valence-corrected chi connectivity index (χ1v) is 10.4. The van der Waals surface area contributed by atoms with Crippen molar-refractivity contribution in [3.8, 4) is 11.5 Å². The number of nitrogens with one attached hydrogen (secondary N) is 1. The van der Waals surface area contributed by atoms with Crippen LogP contribution in [0.4, 0.5) is 5.69 Å². The van der Waals surface area contributed by atoms with E-state index in [1.807, 2.05) is 36.4 Å². The van der Waals surface area contributed by atoms with Crippen molar-refractivity contribution >= 4 is 17.9 Å². The number of aryl methyl sites for hydroxylation is 4. The first kappa shape index (κ1) is 22.9. The summed E-state index contributed by atoms with van der Waals surface area (Å²) in [5.74, 6) is -0.0125. The Morgan fingerprint density at radius 2 is 1.88 bits per heavy atom. The zero-order valence-corrected chi connectivity index (χ0v) is 18.2. The number of hydrogen-bond acceptors (Lipinski definition) is 5. The maximum Gasteiger partial charge on any atom is 0.303 e. The number of benzene rings is 2. The summed E-state index contributed by atoms with van der Waals surface area (Å²) in [7, 11) is 1.63. The van der Waals surface area contributed by atoms with E-state index in [4.69, 9.17) is 9.84 Å². The molecule has 0 amide bonds. The maximum absolute atomic E-state index is 12.6. The van der Waals surface area contributed by atoms with Gasteiger partial charge in [-0.1, -0.05) is 30.3 Å². The molecule has 0 aliphatic rings. The fraction of sp³-hybridized carbons (Fsp3) is 0.292. The largest absolute Gasteiger partial charge is 0.505 e. The highest BCUT2D eigenvalue weighted by atomic mass is 16.5. The molecule has 8 nitrogen and oxygen atoms in total. The first-order chi connectivity index (χ1) is 15.4. The molecule has 0 fully saturated rings. The van der Waals surface area contributed by atoms with Crippen LogP contribution in [0.3, 0.4) is 0 Å². The van der Waals surface area contributed by atoms with Crippen molar-refractivity contribution < 1.29 is 19.7 Å². The second-order valence-corrected chi connectivity index (χ2v) is 7.46. The summed E-state index contributed by atoms with van der Waals surface area (Å²) in [6.45, 7) is 2.03. The van der Waals surface area contributed by atoms with E-state index in [0.29, 0.717) is 36.2 Å². The second kappa shape index (κ2) is 10.5. The topological polar surface area (TPSA) is 117 Å². The van der Waals surface area contributed by atoms with Crippen molar-refractivity contribution in [1.82, 2.24) is 9.78 Å². The van der Waals surface area contributed by atoms with Gasteiger partial charge in [-0.25, -0.2) is 0 Å². The molecule has 0 bridgehead atoms. The predicted octanol–water partition coefficient (Wildman–Crippen LogP) is 3.60. The van der Waals surface area contributed by atoms with Crippen LogP contribution in [0.25, 0.3) is 0 Å². The van der Waals surface area contributed by atoms with Gasteiger partial charge in [0.15, 0.2) is 0 Å². The molecule has 0 atom stereocenters. The number of aromatic nitrogens is 2. The fourth-order valence-electron chi connectivity index (χ4n) is 3.51. The molecule has 32 heavy (non-hydrogen) atoms. The maximum atomic E-state index is 12.6. The Labute approximate surface area is 185 Å². The van der Waals surface area contributed by atoms with E-state index < -0.39 is 5.97 Å². The molecule has 0 unspecified atom stereocenters. The standard InChI is InChI=1S/C24H27N3O5/c1-16-19(24(31)27(26-16)14-6-11-22(28)29)15-25-20-9-5-8-18(23(20)30)13-12-17-7-3-4-10-21(17)32-2/h3-5,7-10,15,26,30H,6,11-14H2,1-2H3,(H,28,29). The van der Waals surface area contributed by atoms with Gasteiger partial charge < -0.3 is 14.9 Å². The highest BCUT2D eigenvalue weighted by Crippen LogP contribution is 2.31. The molecule has 0 saturated carbocycles. The van der Waals surface area contributed by atoms with Crippen LogP contribution in [0.1, 0.15) is 35.2 Å². The van der Waals surface area contributed by atoms with Gasteiger partial charge in [-0.3, -0.25) is 24.4 Å². The lowest BCUT2D eigenvalue weighted by molar-refractivity contribution is -0.137. The zero-order valence-electron chi connectivity index (χ0n) is 18.2. The lowest BCUT2D eigenvalue weighted by atomic mass is 10.0. The number of nitrogens with zero attached hydrogens (tertiary/aromatic N) is 2. The molecular formula is C24H27N3O5. The molecule has 2 aromatic carbocycles. The molecule has 0 saturated heterocycles. The van der Waals surface area contributed by atoms with Gasteiger partial charge in [-0.05, 0) is 49.4 Å². The zero-order chi connectivity index (χ0) is 23.1. The lowest BCUT2D eigenvalue weighted by Crippen LogP contribution is -2.19. The van der Waals surface area contributed by atoms with Crippen LogP contribution in [-0.2, 0) is 24.2 Å². The molecule has 3 aromatic rings. The number of carboxylic acid groups (broad SMARTS) is 1. The third-order valence-corrected chi connectivity index (χ3v) is 5.24. The Bertz CT molecular complexity index is 1180. The first-order valence-electron chi connectivity index (χ1n) is 10.4. The number of H-pyrrole nitrogens is 1. The third kappa shape index (κ3) is 5.46. The van der Waals surface area contributed by atoms with Crippen LogP contribution in [-0.4, -0.2) is 39.3 Å². The van der Waals surface area contributed by atoms with Crippen molar-refractivity contribution in [3.05, 3.63) is 75.2 Å². The number of phenolic OH excluding ortho intramolecular Hbond substituents is 1. The number of para-hydroxylation sites is 2. The minimum absolute atomic E-state index is 0.0105. The van der Waals surface area contributed by atoms with Crippen molar-refractivity contribution in [2.75, 3.05) is 7.11 Å². The Balaban J connectivity index is 1.75. The quantitative estimate of drug-likeness (QED) is 0.419. The fourth-order valence-corrected chi connectivity index (χ4v) is 3.51. The summed E-state index contributed by atoms with van der Waals surface area (Å²) in [5.41, 5.74) is 2.90. The van der Waals surface area contributed by atoms with Gasteiger partial charge in [0.25, 0.3) is 5.56 Å². The van der Waals surface area contributed by atoms with E-state index in [2.05, 4.69) is 10.1 Å². The molecule has 0 radical (unpaired) electrons. The monoisotopic (exact) mass is 437 g/mol. The van der Waals surface area contributed by atoms with Crippen molar-refractivity contribution in [2.45, 2.75) is 39.2 Å². The molecule has 0 aliphatic heterocycles. The number of methoxy groups -OCH3 is 1. The SMILES string of the molecule is COc1ccccc1CCc1cccc(N=Cc2c(C)[nH]n(CCCC(=O)O)c2=O)c1O. The van der Waals surface area contributed by atoms with E-state index >= 15 is 0 Å². The number of hydrogen-bond donors (Lipinski definition) is 3. The molecule has 0 spiro atoms. The number of aliphatic imine (C=N–C) groups is 1. The summed E-state index contributed by atoms with van der Waals surface area (Å²) in [6, 6.07) is 13.1. The molecule has 0 aliphatic carbocycles. The van der Waals surface area contributed by atoms with Crippen LogP contribution in [0.5, 0.6) is 11.5 Å². The van der Waals surface area contributed by atoms with Gasteiger partial charge in [0.2, 0.25) is 0 Å². The van der Waals surface area contributed by atoms with Crippen LogP contribution in [0.15, 0.2) is 52.3 Å². The van der Waals surface area contributed by atoms with Crippen molar-refractivity contribution in [1.29, 1.82) is 0 Å². The minimum atomic E-state index is -0.899. The summed E-state index contributed by atoms with van der Waals surface area (Å²) in [5, 5.41) is 22.4. The van der Waals surface area contributed by atoms with Gasteiger partial charge >= 0.3 is 5.97 Å². The van der Waals surface area contributed by atoms with E-state index in [0.717, 1.165) is 16.9 Å². The average Bonchev–Trinajstić information content (AvgIpc) is 3.04. The Morgan fingerprint density at radius 1 is 1.16 bits per heavy atom. The predicted molar refractivity (Wildman–Crippen MR) is 122 cm³/mol. The Morgan fingerprint density at radius 3 is 2.62 bits per heavy atom. The number of ether oxygens (including phenoxy) is 1. The van der Waals surface area contributed by atoms with Gasteiger partial charge in [0, 0.05) is 24.9 Å². The van der Waals surface area contributed by atoms with E-state index in [9.17, 15) is 14.7 Å². The van der Waals surface area contributed by atoms with Gasteiger partial charge in [0.1, 0.15) is 17.2 Å². The number of phenols is 1. The van der Waals surface area contributed by atoms with Crippen molar-refractivity contribution in [2.24, 2.45) is 4.99 Å². The van der Waals surface area contributed by atoms with Gasteiger partial charge in [-0.15, -0.1) is 0 Å².